The van der Waals surface area contributed by atoms with Gasteiger partial charge in [-0.25, -0.2) is 0 Å². The smallest absolute Gasteiger partial charge is 0.294 e. The average molecular weight is 541 g/mol. The summed E-state index contributed by atoms with van der Waals surface area (Å²) in [5.74, 6) is -0.162. The van der Waals surface area contributed by atoms with Crippen LogP contribution >= 0.6 is 0 Å². The van der Waals surface area contributed by atoms with Gasteiger partial charge in [-0.3, -0.25) is 9.11 Å². The lowest BCUT2D eigenvalue weighted by Crippen LogP contribution is -2.00. The zero-order valence-corrected chi connectivity index (χ0v) is 21.1. The molecule has 0 saturated heterocycles. The van der Waals surface area contributed by atoms with Crippen molar-refractivity contribution >= 4 is 53.8 Å². The first-order valence-corrected chi connectivity index (χ1v) is 13.5. The van der Waals surface area contributed by atoms with Crippen molar-refractivity contribution in [2.45, 2.75) is 23.6 Å². The van der Waals surface area contributed by atoms with Crippen LogP contribution in [0.3, 0.4) is 0 Å². The van der Waals surface area contributed by atoms with Crippen LogP contribution in [0.25, 0.3) is 10.8 Å². The van der Waals surface area contributed by atoms with Crippen LogP contribution in [0.2, 0.25) is 0 Å². The molecule has 0 aliphatic carbocycles. The van der Waals surface area contributed by atoms with Crippen molar-refractivity contribution < 1.29 is 31.0 Å². The Bertz CT molecular complexity index is 1820. The van der Waals surface area contributed by atoms with Crippen LogP contribution < -0.4 is 0 Å². The quantitative estimate of drug-likeness (QED) is 0.185. The molecule has 0 spiro atoms. The van der Waals surface area contributed by atoms with Gasteiger partial charge in [-0.2, -0.15) is 21.9 Å². The van der Waals surface area contributed by atoms with Crippen LogP contribution in [0.15, 0.2) is 97.0 Å². The van der Waals surface area contributed by atoms with Gasteiger partial charge in [0.1, 0.15) is 22.8 Å². The summed E-state index contributed by atoms with van der Waals surface area (Å²) in [5, 5.41) is 28.0. The molecule has 0 aliphatic rings. The van der Waals surface area contributed by atoms with Gasteiger partial charge in [0.15, 0.2) is 0 Å². The maximum atomic E-state index is 11.9. The zero-order chi connectivity index (χ0) is 27.0. The highest BCUT2D eigenvalue weighted by atomic mass is 32.2. The van der Waals surface area contributed by atoms with E-state index >= 15 is 0 Å². The summed E-state index contributed by atoms with van der Waals surface area (Å²) in [4.78, 5) is -0.764. The van der Waals surface area contributed by atoms with Crippen LogP contribution in [-0.2, 0) is 20.2 Å². The maximum absolute atomic E-state index is 11.9. The van der Waals surface area contributed by atoms with E-state index in [1.54, 1.807) is 18.2 Å². The summed E-state index contributed by atoms with van der Waals surface area (Å²) in [6, 6.07) is 16.7. The van der Waals surface area contributed by atoms with Crippen molar-refractivity contribution in [2.75, 3.05) is 0 Å². The molecule has 4 aromatic rings. The number of aryl methyl sites for hydroxylation is 2. The fourth-order valence-electron chi connectivity index (χ4n) is 3.59. The lowest BCUT2D eigenvalue weighted by atomic mass is 10.1. The lowest BCUT2D eigenvalue weighted by molar-refractivity contribution is 0.477. The Morgan fingerprint density at radius 1 is 0.649 bits per heavy atom. The molecule has 37 heavy (non-hydrogen) atoms. The topological polar surface area (TPSA) is 178 Å². The second kappa shape index (κ2) is 9.78. The first-order valence-electron chi connectivity index (χ1n) is 10.6. The average Bonchev–Trinajstić information content (AvgIpc) is 2.82. The molecule has 0 aliphatic heterocycles. The monoisotopic (exact) mass is 540 g/mol. The number of nitrogens with zero attached hydrogens (tertiary/aromatic N) is 4. The van der Waals surface area contributed by atoms with E-state index in [-0.39, 0.29) is 39.0 Å². The fourth-order valence-corrected chi connectivity index (χ4v) is 5.06. The number of phenolic OH excluding ortho intramolecular Hbond substituents is 1. The molecule has 11 nitrogen and oxygen atoms in total. The molecular formula is C24H20N4O7S2. The molecule has 3 N–H and O–H groups in total. The minimum absolute atomic E-state index is 0.0438. The summed E-state index contributed by atoms with van der Waals surface area (Å²) in [6.07, 6.45) is 0. The summed E-state index contributed by atoms with van der Waals surface area (Å²) in [7, 11) is -9.10. The molecule has 0 saturated carbocycles. The number of rotatable bonds is 6. The van der Waals surface area contributed by atoms with E-state index in [1.165, 1.54) is 38.1 Å². The Morgan fingerprint density at radius 2 is 1.27 bits per heavy atom. The van der Waals surface area contributed by atoms with Crippen molar-refractivity contribution in [3.8, 4) is 5.75 Å². The standard InChI is InChI=1S/C24H20N4O7S2/c1-14-7-9-17(12-22(14)36(30,31)32)25-26-19-11-15(2)23(37(33,34)35)13-20(19)27-28-24-18-6-4-3-5-16(18)8-10-21(24)29/h3-13,29H,1-2H3,(H,30,31,32)(H,33,34,35). The second-order valence-electron chi connectivity index (χ2n) is 8.06. The van der Waals surface area contributed by atoms with Gasteiger partial charge < -0.3 is 5.11 Å². The number of aromatic hydroxyl groups is 1. The summed E-state index contributed by atoms with van der Waals surface area (Å²) in [5.41, 5.74) is 0.611. The van der Waals surface area contributed by atoms with Gasteiger partial charge in [0, 0.05) is 5.39 Å². The Balaban J connectivity index is 1.85. The van der Waals surface area contributed by atoms with Crippen molar-refractivity contribution in [3.05, 3.63) is 77.9 Å². The van der Waals surface area contributed by atoms with Crippen molar-refractivity contribution in [1.29, 1.82) is 0 Å². The van der Waals surface area contributed by atoms with Crippen LogP contribution in [0, 0.1) is 13.8 Å². The summed E-state index contributed by atoms with van der Waals surface area (Å²) >= 11 is 0. The molecule has 4 rings (SSSR count). The zero-order valence-electron chi connectivity index (χ0n) is 19.4. The Kier molecular flexibility index (Phi) is 6.88. The van der Waals surface area contributed by atoms with Crippen molar-refractivity contribution in [1.82, 2.24) is 0 Å². The summed E-state index contributed by atoms with van der Waals surface area (Å²) in [6.45, 7) is 2.94. The Morgan fingerprint density at radius 3 is 1.97 bits per heavy atom. The predicted octanol–water partition coefficient (Wildman–Crippen LogP) is 6.49. The number of azo groups is 2. The van der Waals surface area contributed by atoms with Crippen LogP contribution in [-0.4, -0.2) is 31.0 Å². The van der Waals surface area contributed by atoms with Crippen molar-refractivity contribution in [2.24, 2.45) is 20.5 Å². The molecule has 13 heteroatoms. The highest BCUT2D eigenvalue weighted by molar-refractivity contribution is 7.86. The van der Waals surface area contributed by atoms with Gasteiger partial charge in [-0.15, -0.1) is 15.3 Å². The molecule has 0 radical (unpaired) electrons. The van der Waals surface area contributed by atoms with E-state index in [9.17, 15) is 31.0 Å². The molecule has 0 atom stereocenters. The third-order valence-corrected chi connectivity index (χ3v) is 7.40. The van der Waals surface area contributed by atoms with E-state index in [1.807, 2.05) is 12.1 Å². The molecular weight excluding hydrogens is 520 g/mol. The number of phenols is 1. The van der Waals surface area contributed by atoms with Gasteiger partial charge >= 0.3 is 0 Å². The SMILES string of the molecule is Cc1ccc(N=Nc2cc(C)c(S(=O)(=O)O)cc2N=Nc2c(O)ccc3ccccc23)cc1S(=O)(=O)O. The van der Waals surface area contributed by atoms with Crippen LogP contribution in [0.5, 0.6) is 5.75 Å². The Labute approximate surface area is 212 Å². The molecule has 0 fully saturated rings. The van der Waals surface area contributed by atoms with E-state index in [4.69, 9.17) is 0 Å². The molecule has 0 aromatic heterocycles. The molecule has 0 amide bonds. The lowest BCUT2D eigenvalue weighted by Gasteiger charge is -2.07. The number of hydrogen-bond acceptors (Lipinski definition) is 9. The van der Waals surface area contributed by atoms with E-state index in [2.05, 4.69) is 20.5 Å². The third-order valence-electron chi connectivity index (χ3n) is 5.41. The molecule has 0 bridgehead atoms. The number of hydrogen-bond donors (Lipinski definition) is 3. The second-order valence-corrected chi connectivity index (χ2v) is 10.8. The van der Waals surface area contributed by atoms with Gasteiger partial charge in [0.2, 0.25) is 0 Å². The van der Waals surface area contributed by atoms with E-state index < -0.39 is 25.1 Å². The number of fused-ring (bicyclic) bond motifs is 1. The van der Waals surface area contributed by atoms with Gasteiger partial charge in [-0.05, 0) is 60.7 Å². The predicted molar refractivity (Wildman–Crippen MR) is 136 cm³/mol. The number of benzene rings is 4. The first kappa shape index (κ1) is 26.0. The van der Waals surface area contributed by atoms with Gasteiger partial charge in [0.05, 0.1) is 15.5 Å². The normalized spacial score (nSPS) is 12.6. The maximum Gasteiger partial charge on any atom is 0.294 e. The summed E-state index contributed by atoms with van der Waals surface area (Å²) < 4.78 is 66.0. The van der Waals surface area contributed by atoms with Gasteiger partial charge in [0.25, 0.3) is 20.2 Å². The highest BCUT2D eigenvalue weighted by Gasteiger charge is 2.18. The highest BCUT2D eigenvalue weighted by Crippen LogP contribution is 2.39. The van der Waals surface area contributed by atoms with Gasteiger partial charge in [-0.1, -0.05) is 36.4 Å². The third kappa shape index (κ3) is 5.70. The van der Waals surface area contributed by atoms with E-state index in [0.29, 0.717) is 10.9 Å². The largest absolute Gasteiger partial charge is 0.506 e. The minimum Gasteiger partial charge on any atom is -0.506 e. The van der Waals surface area contributed by atoms with E-state index in [0.717, 1.165) is 17.5 Å². The first-order chi connectivity index (χ1) is 17.3. The Hall–Kier alpha value is -4.04. The van der Waals surface area contributed by atoms with Crippen molar-refractivity contribution in [3.63, 3.8) is 0 Å². The molecule has 4 aromatic carbocycles. The fraction of sp³-hybridized carbons (Fsp3) is 0.0833. The molecule has 0 unspecified atom stereocenters. The van der Waals surface area contributed by atoms with Crippen LogP contribution in [0.4, 0.5) is 22.7 Å². The molecule has 190 valence electrons. The molecule has 0 heterocycles. The van der Waals surface area contributed by atoms with Crippen LogP contribution in [0.1, 0.15) is 11.1 Å². The minimum atomic E-state index is -4.61.